The van der Waals surface area contributed by atoms with E-state index in [1.807, 2.05) is 0 Å². The average molecular weight is 695 g/mol. The molecule has 0 saturated carbocycles. The first-order valence-electron chi connectivity index (χ1n) is 19.4. The molecule has 2 nitrogen and oxygen atoms in total. The van der Waals surface area contributed by atoms with Crippen molar-refractivity contribution in [2.75, 3.05) is 0 Å². The van der Waals surface area contributed by atoms with E-state index in [1.165, 1.54) is 112 Å². The molecule has 0 N–H and O–H groups in total. The molecule has 2 heterocycles. The van der Waals surface area contributed by atoms with Gasteiger partial charge in [-0.2, -0.15) is 0 Å². The highest BCUT2D eigenvalue weighted by Crippen LogP contribution is 2.47. The molecule has 0 radical (unpaired) electrons. The maximum atomic E-state index is 2.49. The zero-order chi connectivity index (χ0) is 36.3. The summed E-state index contributed by atoms with van der Waals surface area (Å²) in [6, 6.07) is 59.2. The second kappa shape index (κ2) is 11.2. The van der Waals surface area contributed by atoms with Crippen molar-refractivity contribution in [3.63, 3.8) is 0 Å². The first-order chi connectivity index (χ1) is 26.2. The molecule has 54 heavy (non-hydrogen) atoms. The first kappa shape index (κ1) is 31.4. The van der Waals surface area contributed by atoms with Gasteiger partial charge in [0.05, 0.1) is 22.1 Å². The third kappa shape index (κ3) is 4.53. The first-order valence-corrected chi connectivity index (χ1v) is 19.4. The second-order valence-electron chi connectivity index (χ2n) is 16.9. The number of benzene rings is 8. The molecule has 0 fully saturated rings. The van der Waals surface area contributed by atoms with Crippen LogP contribution < -0.4 is 0 Å². The summed E-state index contributed by atoms with van der Waals surface area (Å²) in [5.41, 5.74) is 13.1. The molecule has 2 aromatic heterocycles. The topological polar surface area (TPSA) is 9.86 Å². The van der Waals surface area contributed by atoms with Crippen LogP contribution in [0.25, 0.3) is 87.7 Å². The Kier molecular flexibility index (Phi) is 6.51. The summed E-state index contributed by atoms with van der Waals surface area (Å²) in [5, 5.41) is 10.2. The van der Waals surface area contributed by atoms with Crippen LogP contribution in [-0.4, -0.2) is 9.13 Å². The van der Waals surface area contributed by atoms with Gasteiger partial charge in [0.2, 0.25) is 0 Å². The molecule has 0 atom stereocenters. The van der Waals surface area contributed by atoms with Crippen molar-refractivity contribution in [2.45, 2.75) is 51.4 Å². The van der Waals surface area contributed by atoms with Gasteiger partial charge in [0.15, 0.2) is 0 Å². The fraction of sp³-hybridized carbons (Fsp3) is 0.154. The molecule has 1 aliphatic rings. The molecule has 0 bridgehead atoms. The molecular weight excluding hydrogens is 653 g/mol. The van der Waals surface area contributed by atoms with Gasteiger partial charge in [0.1, 0.15) is 0 Å². The third-order valence-electron chi connectivity index (χ3n) is 12.7. The maximum Gasteiger partial charge on any atom is 0.0547 e. The lowest BCUT2D eigenvalue weighted by molar-refractivity contribution is 0.332. The lowest BCUT2D eigenvalue weighted by Crippen LogP contribution is -2.33. The summed E-state index contributed by atoms with van der Waals surface area (Å²) < 4.78 is 4.93. The van der Waals surface area contributed by atoms with Crippen LogP contribution >= 0.6 is 0 Å². The summed E-state index contributed by atoms with van der Waals surface area (Å²) in [7, 11) is 0. The molecule has 0 saturated heterocycles. The summed E-state index contributed by atoms with van der Waals surface area (Å²) in [6.45, 7) is 9.65. The summed E-state index contributed by atoms with van der Waals surface area (Å²) in [5.74, 6) is 0. The van der Waals surface area contributed by atoms with Crippen molar-refractivity contribution in [3.8, 4) is 22.5 Å². The molecule has 260 valence electrons. The molecule has 8 aromatic carbocycles. The van der Waals surface area contributed by atoms with Crippen LogP contribution in [0.1, 0.15) is 51.7 Å². The highest BCUT2D eigenvalue weighted by atomic mass is 15.0. The molecule has 0 amide bonds. The summed E-state index contributed by atoms with van der Waals surface area (Å²) in [6.07, 6.45) is 2.42. The third-order valence-corrected chi connectivity index (χ3v) is 12.7. The smallest absolute Gasteiger partial charge is 0.0547 e. The molecule has 0 aliphatic heterocycles. The van der Waals surface area contributed by atoms with E-state index < -0.39 is 0 Å². The van der Waals surface area contributed by atoms with Crippen LogP contribution in [0.15, 0.2) is 158 Å². The summed E-state index contributed by atoms with van der Waals surface area (Å²) in [4.78, 5) is 0. The minimum atomic E-state index is 0.147. The molecule has 2 heteroatoms. The number of fused-ring (bicyclic) bond motifs is 10. The van der Waals surface area contributed by atoms with E-state index in [2.05, 4.69) is 195 Å². The van der Waals surface area contributed by atoms with Crippen molar-refractivity contribution in [2.24, 2.45) is 0 Å². The van der Waals surface area contributed by atoms with E-state index >= 15 is 0 Å². The molecule has 11 rings (SSSR count). The van der Waals surface area contributed by atoms with Gasteiger partial charge in [-0.15, -0.1) is 0 Å². The Labute approximate surface area is 315 Å². The highest BCUT2D eigenvalue weighted by molar-refractivity contribution is 6.22. The van der Waals surface area contributed by atoms with E-state index in [0.717, 1.165) is 0 Å². The normalized spacial score (nSPS) is 15.2. The van der Waals surface area contributed by atoms with Gasteiger partial charge in [0.25, 0.3) is 0 Å². The van der Waals surface area contributed by atoms with Gasteiger partial charge >= 0.3 is 0 Å². The second-order valence-corrected chi connectivity index (χ2v) is 16.9. The van der Waals surface area contributed by atoms with Gasteiger partial charge in [0, 0.05) is 32.9 Å². The van der Waals surface area contributed by atoms with E-state index in [0.29, 0.717) is 0 Å². The minimum Gasteiger partial charge on any atom is -0.309 e. The predicted octanol–water partition coefficient (Wildman–Crippen LogP) is 14.2. The Bertz CT molecular complexity index is 3170. The standard InChI is InChI=1S/C52H42N2/c1-51(2)27-28-52(3,4)45-32-39(22-23-44(45)51)53-46-16-10-9-15-41(46)42-30-36(19-24-47(42)53)37-20-25-48-43(31-37)50-40-14-8-7-12-34(40)18-26-49(50)54(48)38-21-17-33-11-5-6-13-35(33)29-38/h5-26,29-32H,27-28H2,1-4H3. The zero-order valence-electron chi connectivity index (χ0n) is 31.3. The zero-order valence-corrected chi connectivity index (χ0v) is 31.3. The van der Waals surface area contributed by atoms with Crippen LogP contribution in [0, 0.1) is 0 Å². The lowest BCUT2D eigenvalue weighted by atomic mass is 9.63. The number of rotatable bonds is 3. The van der Waals surface area contributed by atoms with E-state index in [1.54, 1.807) is 0 Å². The van der Waals surface area contributed by atoms with Gasteiger partial charge < -0.3 is 9.13 Å². The van der Waals surface area contributed by atoms with Gasteiger partial charge in [-0.1, -0.05) is 125 Å². The maximum absolute atomic E-state index is 2.49. The largest absolute Gasteiger partial charge is 0.309 e. The highest BCUT2D eigenvalue weighted by Gasteiger charge is 2.37. The van der Waals surface area contributed by atoms with Gasteiger partial charge in [-0.3, -0.25) is 0 Å². The van der Waals surface area contributed by atoms with Crippen molar-refractivity contribution in [1.82, 2.24) is 9.13 Å². The quantitative estimate of drug-likeness (QED) is 0.174. The Balaban J connectivity index is 1.12. The number of hydrogen-bond donors (Lipinski definition) is 0. The number of hydrogen-bond acceptors (Lipinski definition) is 0. The molecule has 0 unspecified atom stereocenters. The monoisotopic (exact) mass is 694 g/mol. The number of para-hydroxylation sites is 1. The van der Waals surface area contributed by atoms with E-state index in [-0.39, 0.29) is 10.8 Å². The van der Waals surface area contributed by atoms with Gasteiger partial charge in [-0.25, -0.2) is 0 Å². The lowest BCUT2D eigenvalue weighted by Gasteiger charge is -2.42. The van der Waals surface area contributed by atoms with Crippen molar-refractivity contribution >= 4 is 65.2 Å². The van der Waals surface area contributed by atoms with Crippen LogP contribution in [0.5, 0.6) is 0 Å². The van der Waals surface area contributed by atoms with E-state index in [9.17, 15) is 0 Å². The molecule has 1 aliphatic carbocycles. The molecule has 0 spiro atoms. The fourth-order valence-corrected chi connectivity index (χ4v) is 9.71. The Morgan fingerprint density at radius 3 is 1.70 bits per heavy atom. The minimum absolute atomic E-state index is 0.147. The molecule has 10 aromatic rings. The van der Waals surface area contributed by atoms with Crippen molar-refractivity contribution < 1.29 is 0 Å². The van der Waals surface area contributed by atoms with Crippen LogP contribution in [0.4, 0.5) is 0 Å². The van der Waals surface area contributed by atoms with Crippen LogP contribution in [0.2, 0.25) is 0 Å². The summed E-state index contributed by atoms with van der Waals surface area (Å²) >= 11 is 0. The number of nitrogens with zero attached hydrogens (tertiary/aromatic N) is 2. The van der Waals surface area contributed by atoms with Crippen molar-refractivity contribution in [3.05, 3.63) is 169 Å². The predicted molar refractivity (Wildman–Crippen MR) is 231 cm³/mol. The van der Waals surface area contributed by atoms with E-state index in [4.69, 9.17) is 0 Å². The Hall–Kier alpha value is -6.12. The van der Waals surface area contributed by atoms with Crippen LogP contribution in [0.3, 0.4) is 0 Å². The SMILES string of the molecule is CC1(C)CCC(C)(C)c2cc(-n3c4ccccc4c4cc(-c5ccc6c(c5)c5c7ccccc7ccc5n6-c5ccc6ccccc6c5)ccc43)ccc21. The molecular formula is C52H42N2. The van der Waals surface area contributed by atoms with Crippen LogP contribution in [-0.2, 0) is 10.8 Å². The Morgan fingerprint density at radius 2 is 0.907 bits per heavy atom. The number of aromatic nitrogens is 2. The van der Waals surface area contributed by atoms with Crippen molar-refractivity contribution in [1.29, 1.82) is 0 Å². The fourth-order valence-electron chi connectivity index (χ4n) is 9.71. The average Bonchev–Trinajstić information content (AvgIpc) is 3.72. The Morgan fingerprint density at radius 1 is 0.370 bits per heavy atom. The van der Waals surface area contributed by atoms with Gasteiger partial charge in [-0.05, 0) is 128 Å².